The first kappa shape index (κ1) is 15.5. The Balaban J connectivity index is 2.05. The summed E-state index contributed by atoms with van der Waals surface area (Å²) in [6.45, 7) is 1.47. The highest BCUT2D eigenvalue weighted by Gasteiger charge is 2.12. The van der Waals surface area contributed by atoms with Crippen molar-refractivity contribution in [1.29, 1.82) is 0 Å². The smallest absolute Gasteiger partial charge is 0.124 e. The van der Waals surface area contributed by atoms with Crippen molar-refractivity contribution in [3.63, 3.8) is 0 Å². The average Bonchev–Trinajstić information content (AvgIpc) is 2.56. The number of ether oxygens (including phenoxy) is 2. The van der Waals surface area contributed by atoms with E-state index in [4.69, 9.17) is 9.47 Å². The maximum Gasteiger partial charge on any atom is 0.124 e. The molecule has 1 N–H and O–H groups in total. The van der Waals surface area contributed by atoms with Crippen LogP contribution in [0.3, 0.4) is 0 Å². The molecule has 0 heterocycles. The van der Waals surface area contributed by atoms with Crippen molar-refractivity contribution in [2.24, 2.45) is 0 Å². The summed E-state index contributed by atoms with van der Waals surface area (Å²) < 4.78 is 11.5. The quantitative estimate of drug-likeness (QED) is 0.804. The maximum atomic E-state index is 6.14. The summed E-state index contributed by atoms with van der Waals surface area (Å²) in [6, 6.07) is 18.3. The monoisotopic (exact) mass is 285 g/mol. The molecule has 0 fully saturated rings. The van der Waals surface area contributed by atoms with Crippen LogP contribution in [0.4, 0.5) is 0 Å². The van der Waals surface area contributed by atoms with Crippen LogP contribution in [0.25, 0.3) is 0 Å². The highest BCUT2D eigenvalue weighted by atomic mass is 16.5. The summed E-state index contributed by atoms with van der Waals surface area (Å²) in [5.74, 6) is 0.873. The third kappa shape index (κ3) is 4.59. The van der Waals surface area contributed by atoms with Crippen molar-refractivity contribution in [2.45, 2.75) is 19.1 Å². The second-order valence-corrected chi connectivity index (χ2v) is 4.91. The highest BCUT2D eigenvalue weighted by molar-refractivity contribution is 5.32. The third-order valence-corrected chi connectivity index (χ3v) is 3.46. The summed E-state index contributed by atoms with van der Waals surface area (Å²) in [7, 11) is 3.65. The van der Waals surface area contributed by atoms with Crippen LogP contribution in [0, 0.1) is 0 Å². The molecule has 0 aliphatic carbocycles. The molecule has 0 spiro atoms. The lowest BCUT2D eigenvalue weighted by molar-refractivity contribution is 0.0334. The molecular formula is C18H23NO2. The van der Waals surface area contributed by atoms with Gasteiger partial charge in [0, 0.05) is 5.56 Å². The van der Waals surface area contributed by atoms with Crippen LogP contribution in [0.5, 0.6) is 5.75 Å². The predicted molar refractivity (Wildman–Crippen MR) is 85.5 cm³/mol. The molecule has 0 saturated carbocycles. The van der Waals surface area contributed by atoms with E-state index in [-0.39, 0.29) is 6.10 Å². The van der Waals surface area contributed by atoms with Crippen molar-refractivity contribution in [3.05, 3.63) is 65.7 Å². The van der Waals surface area contributed by atoms with Gasteiger partial charge in [-0.05, 0) is 31.6 Å². The molecule has 0 aliphatic heterocycles. The van der Waals surface area contributed by atoms with Gasteiger partial charge in [0.1, 0.15) is 5.75 Å². The number of hydrogen-bond donors (Lipinski definition) is 1. The van der Waals surface area contributed by atoms with Gasteiger partial charge in [0.05, 0.1) is 19.8 Å². The predicted octanol–water partition coefficient (Wildman–Crippen LogP) is 3.56. The van der Waals surface area contributed by atoms with Crippen LogP contribution in [-0.4, -0.2) is 20.7 Å². The first-order chi connectivity index (χ1) is 10.3. The highest BCUT2D eigenvalue weighted by Crippen LogP contribution is 2.25. The zero-order valence-electron chi connectivity index (χ0n) is 12.7. The molecule has 2 rings (SSSR count). The zero-order valence-corrected chi connectivity index (χ0v) is 12.7. The summed E-state index contributed by atoms with van der Waals surface area (Å²) in [4.78, 5) is 0. The Kier molecular flexibility index (Phi) is 6.25. The number of nitrogens with one attached hydrogen (secondary N) is 1. The van der Waals surface area contributed by atoms with E-state index >= 15 is 0 Å². The largest absolute Gasteiger partial charge is 0.496 e. The van der Waals surface area contributed by atoms with Gasteiger partial charge < -0.3 is 14.8 Å². The van der Waals surface area contributed by atoms with Gasteiger partial charge in [0.25, 0.3) is 0 Å². The molecule has 2 aromatic carbocycles. The van der Waals surface area contributed by atoms with Crippen molar-refractivity contribution >= 4 is 0 Å². The first-order valence-corrected chi connectivity index (χ1v) is 7.28. The minimum atomic E-state index is 0.0866. The minimum absolute atomic E-state index is 0.0866. The van der Waals surface area contributed by atoms with E-state index in [1.54, 1.807) is 7.11 Å². The normalized spacial score (nSPS) is 12.1. The lowest BCUT2D eigenvalue weighted by atomic mass is 10.1. The van der Waals surface area contributed by atoms with Gasteiger partial charge in [0.2, 0.25) is 0 Å². The topological polar surface area (TPSA) is 30.5 Å². The Morgan fingerprint density at radius 1 is 1.00 bits per heavy atom. The van der Waals surface area contributed by atoms with E-state index in [0.29, 0.717) is 6.61 Å². The molecule has 112 valence electrons. The van der Waals surface area contributed by atoms with E-state index in [9.17, 15) is 0 Å². The van der Waals surface area contributed by atoms with Crippen molar-refractivity contribution in [3.8, 4) is 5.75 Å². The second-order valence-electron chi connectivity index (χ2n) is 4.91. The molecule has 1 unspecified atom stereocenters. The number of hydrogen-bond acceptors (Lipinski definition) is 3. The molecule has 21 heavy (non-hydrogen) atoms. The lowest BCUT2D eigenvalue weighted by Gasteiger charge is -2.19. The molecule has 0 saturated heterocycles. The molecule has 0 radical (unpaired) electrons. The van der Waals surface area contributed by atoms with Gasteiger partial charge in [-0.3, -0.25) is 0 Å². The van der Waals surface area contributed by atoms with Crippen LogP contribution in [0.15, 0.2) is 54.6 Å². The van der Waals surface area contributed by atoms with Crippen molar-refractivity contribution in [1.82, 2.24) is 5.32 Å². The van der Waals surface area contributed by atoms with E-state index in [1.165, 1.54) is 5.56 Å². The van der Waals surface area contributed by atoms with E-state index in [0.717, 1.165) is 24.3 Å². The molecule has 0 aromatic heterocycles. The molecule has 0 aliphatic rings. The zero-order chi connectivity index (χ0) is 14.9. The van der Waals surface area contributed by atoms with Gasteiger partial charge in [-0.15, -0.1) is 0 Å². The molecule has 3 nitrogen and oxygen atoms in total. The van der Waals surface area contributed by atoms with Gasteiger partial charge in [-0.2, -0.15) is 0 Å². The third-order valence-electron chi connectivity index (χ3n) is 3.46. The Bertz CT molecular complexity index is 528. The Hall–Kier alpha value is -1.84. The maximum absolute atomic E-state index is 6.14. The van der Waals surface area contributed by atoms with Crippen molar-refractivity contribution < 1.29 is 9.47 Å². The van der Waals surface area contributed by atoms with E-state index in [1.807, 2.05) is 49.5 Å². The minimum Gasteiger partial charge on any atom is -0.496 e. The first-order valence-electron chi connectivity index (χ1n) is 7.28. The molecule has 3 heteroatoms. The Morgan fingerprint density at radius 2 is 1.71 bits per heavy atom. The summed E-state index contributed by atoms with van der Waals surface area (Å²) in [5.41, 5.74) is 2.29. The van der Waals surface area contributed by atoms with Crippen LogP contribution in [0.1, 0.15) is 23.7 Å². The summed E-state index contributed by atoms with van der Waals surface area (Å²) in [6.07, 6.45) is 1.03. The van der Waals surface area contributed by atoms with Gasteiger partial charge in [0.15, 0.2) is 0 Å². The Labute approximate surface area is 126 Å². The summed E-state index contributed by atoms with van der Waals surface area (Å²) in [5, 5.41) is 3.18. The fraction of sp³-hybridized carbons (Fsp3) is 0.333. The van der Waals surface area contributed by atoms with Gasteiger partial charge >= 0.3 is 0 Å². The van der Waals surface area contributed by atoms with Crippen LogP contribution < -0.4 is 10.1 Å². The van der Waals surface area contributed by atoms with Gasteiger partial charge in [-0.25, -0.2) is 0 Å². The number of rotatable bonds is 8. The molecule has 0 amide bonds. The lowest BCUT2D eigenvalue weighted by Crippen LogP contribution is -2.14. The number of benzene rings is 2. The second kappa shape index (κ2) is 8.45. The fourth-order valence-corrected chi connectivity index (χ4v) is 2.30. The molecular weight excluding hydrogens is 262 g/mol. The van der Waals surface area contributed by atoms with E-state index in [2.05, 4.69) is 17.4 Å². The number of methoxy groups -OCH3 is 1. The van der Waals surface area contributed by atoms with Crippen LogP contribution >= 0.6 is 0 Å². The van der Waals surface area contributed by atoms with Crippen molar-refractivity contribution in [2.75, 3.05) is 20.7 Å². The summed E-state index contributed by atoms with van der Waals surface area (Å²) >= 11 is 0. The standard InChI is InChI=1S/C18H23NO2/c1-19-13-12-18(15-8-4-3-5-9-15)21-14-16-10-6-7-11-17(16)20-2/h3-11,18-19H,12-14H2,1-2H3. The van der Waals surface area contributed by atoms with Gasteiger partial charge in [-0.1, -0.05) is 48.5 Å². The van der Waals surface area contributed by atoms with Crippen LogP contribution in [0.2, 0.25) is 0 Å². The van der Waals surface area contributed by atoms with Crippen LogP contribution in [-0.2, 0) is 11.3 Å². The Morgan fingerprint density at radius 3 is 2.43 bits per heavy atom. The molecule has 1 atom stereocenters. The molecule has 0 bridgehead atoms. The fourth-order valence-electron chi connectivity index (χ4n) is 2.30. The average molecular weight is 285 g/mol. The number of para-hydroxylation sites is 1. The SMILES string of the molecule is CNCCC(OCc1ccccc1OC)c1ccccc1. The molecule has 2 aromatic rings. The van der Waals surface area contributed by atoms with E-state index < -0.39 is 0 Å².